The molecule has 3 heterocycles. The second-order valence-electron chi connectivity index (χ2n) is 17.0. The number of nitrogens with zero attached hydrogens (tertiary/aromatic N) is 4. The number of benzene rings is 3. The maximum absolute atomic E-state index is 13.5. The number of piperazine rings is 1. The molecule has 0 bridgehead atoms. The van der Waals surface area contributed by atoms with E-state index in [2.05, 4.69) is 54.2 Å². The molecule has 3 fully saturated rings. The third-order valence-electron chi connectivity index (χ3n) is 12.6. The largest absolute Gasteiger partial charge is 0.489 e. The first-order chi connectivity index (χ1) is 26.6. The van der Waals surface area contributed by atoms with E-state index in [1.165, 1.54) is 0 Å². The Bertz CT molecular complexity index is 2140. The predicted molar refractivity (Wildman–Crippen MR) is 209 cm³/mol. The first kappa shape index (κ1) is 37.7. The molecule has 3 aliphatic heterocycles. The minimum Gasteiger partial charge on any atom is -0.489 e. The van der Waals surface area contributed by atoms with Gasteiger partial charge in [-0.15, -0.1) is 0 Å². The second-order valence-corrected chi connectivity index (χ2v) is 17.4. The highest BCUT2D eigenvalue weighted by molar-refractivity contribution is 6.31. The molecule has 1 saturated carbocycles. The number of hydrogen-bond donors (Lipinski definition) is 2. The molecule has 3 aromatic carbocycles. The van der Waals surface area contributed by atoms with Gasteiger partial charge in [-0.3, -0.25) is 39.1 Å². The van der Waals surface area contributed by atoms with Gasteiger partial charge in [-0.25, -0.2) is 0 Å². The summed E-state index contributed by atoms with van der Waals surface area (Å²) in [5.41, 5.74) is 4.19. The van der Waals surface area contributed by atoms with Crippen molar-refractivity contribution in [3.05, 3.63) is 93.0 Å². The number of hydrogen-bond acceptors (Lipinski definition) is 9. The molecule has 290 valence electrons. The number of nitrogens with one attached hydrogen (secondary N) is 2. The maximum Gasteiger partial charge on any atom is 0.262 e. The first-order valence-electron chi connectivity index (χ1n) is 19.3. The molecule has 0 radical (unpaired) electrons. The zero-order chi connectivity index (χ0) is 39.7. The Hall–Kier alpha value is -5.25. The van der Waals surface area contributed by atoms with Crippen LogP contribution in [0, 0.1) is 28.1 Å². The number of imide groups is 2. The Kier molecular flexibility index (Phi) is 9.45. The van der Waals surface area contributed by atoms with Gasteiger partial charge in [-0.1, -0.05) is 39.3 Å². The summed E-state index contributed by atoms with van der Waals surface area (Å²) in [6.07, 6.45) is 1.69. The van der Waals surface area contributed by atoms with E-state index in [-0.39, 0.29) is 47.6 Å². The second kappa shape index (κ2) is 14.0. The van der Waals surface area contributed by atoms with Crippen molar-refractivity contribution in [1.82, 2.24) is 20.4 Å². The molecule has 0 unspecified atom stereocenters. The van der Waals surface area contributed by atoms with Gasteiger partial charge in [0.05, 0.1) is 21.7 Å². The molecule has 0 spiro atoms. The molecule has 12 nitrogen and oxygen atoms in total. The Morgan fingerprint density at radius 2 is 1.54 bits per heavy atom. The van der Waals surface area contributed by atoms with Crippen molar-refractivity contribution in [2.24, 2.45) is 16.7 Å². The Morgan fingerprint density at radius 1 is 0.911 bits per heavy atom. The number of nitriles is 1. The van der Waals surface area contributed by atoms with E-state index in [4.69, 9.17) is 16.3 Å². The number of halogens is 1. The molecule has 2 aliphatic carbocycles. The van der Waals surface area contributed by atoms with Gasteiger partial charge in [-0.2, -0.15) is 5.26 Å². The van der Waals surface area contributed by atoms with Crippen molar-refractivity contribution in [1.29, 1.82) is 5.26 Å². The predicted octanol–water partition coefficient (Wildman–Crippen LogP) is 4.76. The lowest BCUT2D eigenvalue weighted by atomic mass is 9.49. The van der Waals surface area contributed by atoms with Crippen LogP contribution in [0.1, 0.15) is 88.3 Å². The zero-order valence-electron chi connectivity index (χ0n) is 32.0. The van der Waals surface area contributed by atoms with Crippen molar-refractivity contribution >= 4 is 46.8 Å². The van der Waals surface area contributed by atoms with Gasteiger partial charge < -0.3 is 15.0 Å². The minimum atomic E-state index is -0.963. The molecule has 8 rings (SSSR count). The normalized spacial score (nSPS) is 24.2. The van der Waals surface area contributed by atoms with Gasteiger partial charge in [0.2, 0.25) is 11.8 Å². The molecular weight excluding hydrogens is 732 g/mol. The monoisotopic (exact) mass is 776 g/mol. The lowest BCUT2D eigenvalue weighted by Gasteiger charge is -2.63. The van der Waals surface area contributed by atoms with Crippen LogP contribution < -0.4 is 20.3 Å². The van der Waals surface area contributed by atoms with Crippen LogP contribution in [0.4, 0.5) is 5.69 Å². The summed E-state index contributed by atoms with van der Waals surface area (Å²) >= 11 is 6.24. The van der Waals surface area contributed by atoms with Crippen molar-refractivity contribution in [3.63, 3.8) is 0 Å². The van der Waals surface area contributed by atoms with Crippen LogP contribution in [0.3, 0.4) is 0 Å². The average molecular weight is 777 g/mol. The van der Waals surface area contributed by atoms with Gasteiger partial charge in [0, 0.05) is 73.3 Å². The Morgan fingerprint density at radius 3 is 2.11 bits per heavy atom. The highest BCUT2D eigenvalue weighted by Crippen LogP contribution is 2.55. The number of carbonyl (C=O) groups excluding carboxylic acids is 5. The van der Waals surface area contributed by atoms with E-state index in [0.29, 0.717) is 38.9 Å². The van der Waals surface area contributed by atoms with E-state index in [0.717, 1.165) is 67.3 Å². The van der Waals surface area contributed by atoms with Gasteiger partial charge in [0.1, 0.15) is 24.0 Å². The average Bonchev–Trinajstić information content (AvgIpc) is 3.67. The SMILES string of the molecule is CC1(C)[C@H](NC(=O)c2ccc(N3CCN(CC4Cc5cc6c(cc5C4)C(=O)N([C@H]4CCC(=O)NC4=O)C6=O)CC3)cc2)C(C)(C)[C@H]1Oc1ccc(C#N)c(Cl)c1. The van der Waals surface area contributed by atoms with Gasteiger partial charge >= 0.3 is 0 Å². The lowest BCUT2D eigenvalue weighted by Crippen LogP contribution is -2.74. The van der Waals surface area contributed by atoms with E-state index in [1.807, 2.05) is 36.4 Å². The smallest absolute Gasteiger partial charge is 0.262 e. The summed E-state index contributed by atoms with van der Waals surface area (Å²) in [5, 5.41) is 15.1. The van der Waals surface area contributed by atoms with Gasteiger partial charge in [0.15, 0.2) is 0 Å². The van der Waals surface area contributed by atoms with Crippen molar-refractivity contribution < 1.29 is 28.7 Å². The third-order valence-corrected chi connectivity index (χ3v) is 12.9. The fourth-order valence-corrected chi connectivity index (χ4v) is 10.2. The zero-order valence-corrected chi connectivity index (χ0v) is 32.7. The van der Waals surface area contributed by atoms with Crippen LogP contribution in [-0.2, 0) is 22.4 Å². The number of rotatable bonds is 8. The first-order valence-corrected chi connectivity index (χ1v) is 19.7. The van der Waals surface area contributed by atoms with Crippen LogP contribution in [-0.4, -0.2) is 90.2 Å². The molecule has 13 heteroatoms. The highest BCUT2D eigenvalue weighted by Gasteiger charge is 2.64. The number of amides is 5. The number of piperidine rings is 1. The molecule has 0 aromatic heterocycles. The Balaban J connectivity index is 0.822. The molecule has 56 heavy (non-hydrogen) atoms. The molecule has 5 amide bonds. The van der Waals surface area contributed by atoms with Crippen LogP contribution in [0.2, 0.25) is 5.02 Å². The lowest BCUT2D eigenvalue weighted by molar-refractivity contribution is -0.164. The van der Waals surface area contributed by atoms with E-state index >= 15 is 0 Å². The van der Waals surface area contributed by atoms with Crippen molar-refractivity contribution in [2.75, 3.05) is 37.6 Å². The molecule has 5 aliphatic rings. The van der Waals surface area contributed by atoms with Crippen LogP contribution >= 0.6 is 11.6 Å². The van der Waals surface area contributed by atoms with Crippen molar-refractivity contribution in [2.45, 2.75) is 71.6 Å². The molecule has 2 N–H and O–H groups in total. The molecule has 3 aromatic rings. The standard InChI is InChI=1S/C43H45ClN6O6/c1-42(2)40(43(3,4)41(42)56-30-10-7-26(22-45)33(44)21-30)47-36(52)25-5-8-29(9-6-25)49-15-13-48(14-16-49)23-24-17-27-19-31-32(20-28(27)18-24)39(55)50(38(31)54)34-11-12-35(51)46-37(34)53/h5-10,19-21,24,34,40-41H,11-18,23H2,1-4H3,(H,47,52)(H,46,51,53)/t34-,40-,41-/m0/s1. The fraction of sp³-hybridized carbons (Fsp3) is 0.442. The summed E-state index contributed by atoms with van der Waals surface area (Å²) in [5.74, 6) is -1.09. The summed E-state index contributed by atoms with van der Waals surface area (Å²) < 4.78 is 6.37. The maximum atomic E-state index is 13.5. The van der Waals surface area contributed by atoms with Crippen LogP contribution in [0.25, 0.3) is 0 Å². The fourth-order valence-electron chi connectivity index (χ4n) is 10.00. The number of fused-ring (bicyclic) bond motifs is 2. The van der Waals surface area contributed by atoms with Gasteiger partial charge in [-0.05, 0) is 84.8 Å². The van der Waals surface area contributed by atoms with Crippen LogP contribution in [0.5, 0.6) is 5.75 Å². The quantitative estimate of drug-likeness (QED) is 0.309. The molecule has 1 atom stereocenters. The van der Waals surface area contributed by atoms with Gasteiger partial charge in [0.25, 0.3) is 17.7 Å². The molecule has 2 saturated heterocycles. The van der Waals surface area contributed by atoms with E-state index in [9.17, 15) is 29.2 Å². The van der Waals surface area contributed by atoms with Crippen LogP contribution in [0.15, 0.2) is 54.6 Å². The highest BCUT2D eigenvalue weighted by atomic mass is 35.5. The number of ether oxygens (including phenoxy) is 1. The summed E-state index contributed by atoms with van der Waals surface area (Å²) in [4.78, 5) is 70.0. The summed E-state index contributed by atoms with van der Waals surface area (Å²) in [6, 6.07) is 17.5. The van der Waals surface area contributed by atoms with E-state index < -0.39 is 23.8 Å². The minimum absolute atomic E-state index is 0.0957. The number of carbonyl (C=O) groups is 5. The van der Waals surface area contributed by atoms with E-state index in [1.54, 1.807) is 18.2 Å². The Labute approximate surface area is 331 Å². The number of anilines is 1. The topological polar surface area (TPSA) is 152 Å². The third kappa shape index (κ3) is 6.50. The summed E-state index contributed by atoms with van der Waals surface area (Å²) in [7, 11) is 0. The van der Waals surface area contributed by atoms with Crippen molar-refractivity contribution in [3.8, 4) is 11.8 Å². The summed E-state index contributed by atoms with van der Waals surface area (Å²) in [6.45, 7) is 12.8. The molecular formula is C43H45ClN6O6.